The van der Waals surface area contributed by atoms with E-state index in [-0.39, 0.29) is 0 Å². The number of nitrogens with one attached hydrogen (secondary N) is 2. The Hall–Kier alpha value is -3.84. The van der Waals surface area contributed by atoms with Crippen LogP contribution in [0, 0.1) is 0 Å². The zero-order valence-electron chi connectivity index (χ0n) is 17.4. The van der Waals surface area contributed by atoms with Gasteiger partial charge in [-0.05, 0) is 66.6 Å². The average molecular weight is 452 g/mol. The van der Waals surface area contributed by atoms with Gasteiger partial charge >= 0.3 is 11.8 Å². The van der Waals surface area contributed by atoms with Gasteiger partial charge in [-0.15, -0.1) is 0 Å². The maximum absolute atomic E-state index is 12.0. The van der Waals surface area contributed by atoms with Crippen molar-refractivity contribution in [3.05, 3.63) is 88.9 Å². The molecule has 7 nitrogen and oxygen atoms in total. The van der Waals surface area contributed by atoms with Crippen LogP contribution in [0.4, 0.5) is 5.69 Å². The molecule has 0 spiro atoms. The number of carbonyl (C=O) groups is 2. The van der Waals surface area contributed by atoms with Crippen molar-refractivity contribution in [1.29, 1.82) is 0 Å². The fraction of sp³-hybridized carbons (Fsp3) is 0.125. The lowest BCUT2D eigenvalue weighted by Gasteiger charge is -2.07. The Balaban J connectivity index is 1.49. The number of benzene rings is 3. The topological polar surface area (TPSA) is 89.0 Å². The third kappa shape index (κ3) is 7.14. The molecule has 32 heavy (non-hydrogen) atoms. The van der Waals surface area contributed by atoms with Crippen molar-refractivity contribution in [2.75, 3.05) is 11.9 Å². The molecule has 0 aromatic heterocycles. The van der Waals surface area contributed by atoms with Crippen LogP contribution in [0.25, 0.3) is 0 Å². The number of hydrazone groups is 1. The number of carbonyl (C=O) groups excluding carboxylic acids is 2. The molecule has 0 radical (unpaired) electrons. The van der Waals surface area contributed by atoms with E-state index in [0.717, 1.165) is 5.56 Å². The lowest BCUT2D eigenvalue weighted by molar-refractivity contribution is -0.136. The van der Waals surface area contributed by atoms with Crippen LogP contribution in [0.3, 0.4) is 0 Å². The summed E-state index contributed by atoms with van der Waals surface area (Å²) in [6.45, 7) is 2.81. The number of hydrogen-bond acceptors (Lipinski definition) is 5. The van der Waals surface area contributed by atoms with Crippen LogP contribution in [0.1, 0.15) is 18.1 Å². The number of hydrogen-bond donors (Lipinski definition) is 2. The first-order valence-electron chi connectivity index (χ1n) is 9.88. The van der Waals surface area contributed by atoms with Gasteiger partial charge in [0.1, 0.15) is 18.1 Å². The first kappa shape index (κ1) is 22.8. The van der Waals surface area contributed by atoms with Crippen molar-refractivity contribution in [1.82, 2.24) is 5.43 Å². The molecule has 0 fully saturated rings. The Morgan fingerprint density at radius 1 is 0.938 bits per heavy atom. The minimum absolute atomic E-state index is 0.389. The second-order valence-electron chi connectivity index (χ2n) is 6.60. The summed E-state index contributed by atoms with van der Waals surface area (Å²) < 4.78 is 11.1. The fourth-order valence-electron chi connectivity index (χ4n) is 2.64. The molecule has 164 valence electrons. The smallest absolute Gasteiger partial charge is 0.329 e. The van der Waals surface area contributed by atoms with Gasteiger partial charge in [0.15, 0.2) is 0 Å². The molecule has 2 N–H and O–H groups in total. The molecule has 0 atom stereocenters. The molecule has 0 aliphatic rings. The number of halogens is 1. The van der Waals surface area contributed by atoms with Crippen LogP contribution >= 0.6 is 11.6 Å². The molecule has 2 amide bonds. The summed E-state index contributed by atoms with van der Waals surface area (Å²) in [7, 11) is 0. The van der Waals surface area contributed by atoms with E-state index in [4.69, 9.17) is 21.1 Å². The predicted octanol–water partition coefficient (Wildman–Crippen LogP) is 4.41. The highest BCUT2D eigenvalue weighted by Gasteiger charge is 2.12. The Kier molecular flexibility index (Phi) is 8.22. The van der Waals surface area contributed by atoms with Gasteiger partial charge in [0.2, 0.25) is 0 Å². The Labute approximate surface area is 191 Å². The van der Waals surface area contributed by atoms with Gasteiger partial charge in [0.25, 0.3) is 0 Å². The van der Waals surface area contributed by atoms with Crippen molar-refractivity contribution in [2.24, 2.45) is 5.10 Å². The molecule has 0 saturated heterocycles. The van der Waals surface area contributed by atoms with E-state index in [1.165, 1.54) is 6.21 Å². The van der Waals surface area contributed by atoms with E-state index in [2.05, 4.69) is 15.8 Å². The van der Waals surface area contributed by atoms with E-state index >= 15 is 0 Å². The highest BCUT2D eigenvalue weighted by molar-refractivity contribution is 6.39. The largest absolute Gasteiger partial charge is 0.494 e. The summed E-state index contributed by atoms with van der Waals surface area (Å²) in [5, 5.41) is 7.00. The quantitative estimate of drug-likeness (QED) is 0.301. The van der Waals surface area contributed by atoms with Gasteiger partial charge in [-0.1, -0.05) is 35.9 Å². The van der Waals surface area contributed by atoms with Gasteiger partial charge in [-0.2, -0.15) is 5.10 Å². The lowest BCUT2D eigenvalue weighted by Crippen LogP contribution is -2.32. The van der Waals surface area contributed by atoms with Gasteiger partial charge in [-0.3, -0.25) is 9.59 Å². The Morgan fingerprint density at radius 2 is 1.69 bits per heavy atom. The molecule has 3 aromatic rings. The second kappa shape index (κ2) is 11.5. The second-order valence-corrected chi connectivity index (χ2v) is 7.03. The zero-order valence-corrected chi connectivity index (χ0v) is 18.1. The molecule has 0 aliphatic carbocycles. The van der Waals surface area contributed by atoms with Gasteiger partial charge in [-0.25, -0.2) is 5.43 Å². The molecule has 0 saturated carbocycles. The first-order chi connectivity index (χ1) is 15.5. The highest BCUT2D eigenvalue weighted by atomic mass is 35.5. The standard InChI is InChI=1S/C24H22ClN3O4/c1-2-31-21-12-10-20(11-13-21)27-23(29)24(30)28-26-15-18-4-3-5-22(14-18)32-16-17-6-8-19(25)9-7-17/h3-15H,2,16H2,1H3,(H,27,29)(H,28,30). The summed E-state index contributed by atoms with van der Waals surface area (Å²) in [4.78, 5) is 24.0. The van der Waals surface area contributed by atoms with Crippen molar-refractivity contribution in [3.8, 4) is 11.5 Å². The SMILES string of the molecule is CCOc1ccc(NC(=O)C(=O)NN=Cc2cccc(OCc3ccc(Cl)cc3)c2)cc1. The van der Waals surface area contributed by atoms with E-state index in [9.17, 15) is 9.59 Å². The summed E-state index contributed by atoms with van der Waals surface area (Å²) in [5.74, 6) is -0.390. The van der Waals surface area contributed by atoms with E-state index in [1.54, 1.807) is 54.6 Å². The Bertz CT molecular complexity index is 1080. The first-order valence-corrected chi connectivity index (χ1v) is 10.3. The number of anilines is 1. The molecule has 3 aromatic carbocycles. The summed E-state index contributed by atoms with van der Waals surface area (Å²) in [6, 6.07) is 21.3. The zero-order chi connectivity index (χ0) is 22.8. The van der Waals surface area contributed by atoms with Crippen LogP contribution in [0.2, 0.25) is 5.02 Å². The van der Waals surface area contributed by atoms with E-state index < -0.39 is 11.8 Å². The third-order valence-corrected chi connectivity index (χ3v) is 4.44. The lowest BCUT2D eigenvalue weighted by atomic mass is 10.2. The molecule has 3 rings (SSSR count). The summed E-state index contributed by atoms with van der Waals surface area (Å²) in [5.41, 5.74) is 4.37. The normalized spacial score (nSPS) is 10.6. The highest BCUT2D eigenvalue weighted by Crippen LogP contribution is 2.16. The van der Waals surface area contributed by atoms with E-state index in [0.29, 0.717) is 41.0 Å². The maximum atomic E-state index is 12.0. The molecular formula is C24H22ClN3O4. The van der Waals surface area contributed by atoms with Gasteiger partial charge in [0, 0.05) is 10.7 Å². The minimum Gasteiger partial charge on any atom is -0.494 e. The van der Waals surface area contributed by atoms with Gasteiger partial charge < -0.3 is 14.8 Å². The van der Waals surface area contributed by atoms with Crippen molar-refractivity contribution in [2.45, 2.75) is 13.5 Å². The molecule has 0 heterocycles. The summed E-state index contributed by atoms with van der Waals surface area (Å²) >= 11 is 5.88. The monoisotopic (exact) mass is 451 g/mol. The number of nitrogens with zero attached hydrogens (tertiary/aromatic N) is 1. The number of ether oxygens (including phenoxy) is 2. The van der Waals surface area contributed by atoms with Crippen LogP contribution < -0.4 is 20.2 Å². The van der Waals surface area contributed by atoms with Crippen LogP contribution in [0.15, 0.2) is 77.9 Å². The molecule has 0 aliphatic heterocycles. The number of rotatable bonds is 8. The molecule has 0 unspecified atom stereocenters. The van der Waals surface area contributed by atoms with Crippen molar-refractivity contribution >= 4 is 35.3 Å². The van der Waals surface area contributed by atoms with Crippen LogP contribution in [0.5, 0.6) is 11.5 Å². The fourth-order valence-corrected chi connectivity index (χ4v) is 2.76. The molecule has 0 bridgehead atoms. The van der Waals surface area contributed by atoms with Gasteiger partial charge in [0.05, 0.1) is 12.8 Å². The van der Waals surface area contributed by atoms with E-state index in [1.807, 2.05) is 25.1 Å². The summed E-state index contributed by atoms with van der Waals surface area (Å²) in [6.07, 6.45) is 1.43. The predicted molar refractivity (Wildman–Crippen MR) is 124 cm³/mol. The average Bonchev–Trinajstić information content (AvgIpc) is 2.80. The molecular weight excluding hydrogens is 430 g/mol. The molecule has 8 heteroatoms. The number of amides is 2. The Morgan fingerprint density at radius 3 is 2.41 bits per heavy atom. The van der Waals surface area contributed by atoms with Crippen molar-refractivity contribution in [3.63, 3.8) is 0 Å². The van der Waals surface area contributed by atoms with Crippen LogP contribution in [-0.2, 0) is 16.2 Å². The maximum Gasteiger partial charge on any atom is 0.329 e. The minimum atomic E-state index is -0.884. The third-order valence-electron chi connectivity index (χ3n) is 4.19. The van der Waals surface area contributed by atoms with Crippen LogP contribution in [-0.4, -0.2) is 24.6 Å². The van der Waals surface area contributed by atoms with Crippen molar-refractivity contribution < 1.29 is 19.1 Å².